The van der Waals surface area contributed by atoms with E-state index >= 15 is 0 Å². The van der Waals surface area contributed by atoms with Crippen molar-refractivity contribution in [3.63, 3.8) is 0 Å². The van der Waals surface area contributed by atoms with Gasteiger partial charge in [0.25, 0.3) is 5.91 Å². The van der Waals surface area contributed by atoms with Gasteiger partial charge in [-0.25, -0.2) is 23.6 Å². The Bertz CT molecular complexity index is 2020. The van der Waals surface area contributed by atoms with Gasteiger partial charge in [-0.05, 0) is 86.1 Å². The topological polar surface area (TPSA) is 200 Å². The molecule has 0 saturated carbocycles. The number of carboxylic acid groups (broad SMARTS) is 4. The molecule has 3 aromatic rings. The minimum atomic E-state index is -5.08. The van der Waals surface area contributed by atoms with Gasteiger partial charge in [0.15, 0.2) is 0 Å². The third-order valence-corrected chi connectivity index (χ3v) is 8.96. The first-order valence-electron chi connectivity index (χ1n) is 19.5. The van der Waals surface area contributed by atoms with E-state index in [-0.39, 0.29) is 11.7 Å². The van der Waals surface area contributed by atoms with Gasteiger partial charge in [0.05, 0.1) is 0 Å². The number of piperazine rings is 1. The number of benzene rings is 3. The van der Waals surface area contributed by atoms with Crippen LogP contribution in [0.5, 0.6) is 0 Å². The molecule has 2 heterocycles. The summed E-state index contributed by atoms with van der Waals surface area (Å²) < 4.78 is 142. The standard InChI is InChI=1S/C33H42FN5O.4C2HF3O2/c1-25-22-39(15-12-35-25)24-27-6-3-8-29(18-27)31-20-26(10-11-32(31)34)21-36-33(40)30-9-4-7-28(19-30)23-38-14-5-13-37(2)16-17-38;4*3-2(4,5)1(6)7/h3-4,6-11,18-20,25,35H,5,12-17,21-24H2,1-2H3,(H,36,40);4*(H,6,7)/t25-;;;;/m0..../s1. The quantitative estimate of drug-likeness (QED) is 0.128. The first-order valence-corrected chi connectivity index (χ1v) is 19.5. The van der Waals surface area contributed by atoms with Crippen LogP contribution in [-0.2, 0) is 38.8 Å². The molecule has 2 fully saturated rings. The molecular formula is C41H46F13N5O9. The van der Waals surface area contributed by atoms with E-state index in [1.54, 1.807) is 6.07 Å². The van der Waals surface area contributed by atoms with Crippen LogP contribution in [-0.4, -0.2) is 149 Å². The molecule has 14 nitrogen and oxygen atoms in total. The zero-order valence-corrected chi connectivity index (χ0v) is 35.8. The molecule has 0 radical (unpaired) electrons. The molecule has 2 saturated heterocycles. The zero-order chi connectivity index (χ0) is 52.2. The van der Waals surface area contributed by atoms with Crippen LogP contribution in [0.3, 0.4) is 0 Å². The number of carbonyl (C=O) groups excluding carboxylic acids is 1. The van der Waals surface area contributed by atoms with Crippen molar-refractivity contribution in [2.75, 3.05) is 52.9 Å². The van der Waals surface area contributed by atoms with E-state index in [2.05, 4.69) is 57.5 Å². The number of nitrogens with zero attached hydrogens (tertiary/aromatic N) is 3. The van der Waals surface area contributed by atoms with Gasteiger partial charge in [0, 0.05) is 69.5 Å². The lowest BCUT2D eigenvalue weighted by Gasteiger charge is -2.31. The van der Waals surface area contributed by atoms with Gasteiger partial charge in [-0.3, -0.25) is 14.6 Å². The van der Waals surface area contributed by atoms with E-state index in [1.165, 1.54) is 11.6 Å². The van der Waals surface area contributed by atoms with Gasteiger partial charge in [-0.2, -0.15) is 52.7 Å². The van der Waals surface area contributed by atoms with Crippen LogP contribution in [0.4, 0.5) is 57.1 Å². The van der Waals surface area contributed by atoms with Gasteiger partial charge in [0.2, 0.25) is 0 Å². The third kappa shape index (κ3) is 24.1. The highest BCUT2D eigenvalue weighted by Gasteiger charge is 2.40. The molecule has 1 amide bonds. The summed E-state index contributed by atoms with van der Waals surface area (Å²) in [6.07, 6.45) is -19.2. The fraction of sp³-hybridized carbons (Fsp3) is 0.439. The number of alkyl halides is 12. The molecular weight excluding hydrogens is 953 g/mol. The number of likely N-dealkylation sites (N-methyl/N-ethyl adjacent to an activating group) is 1. The summed E-state index contributed by atoms with van der Waals surface area (Å²) in [5.41, 5.74) is 5.27. The maximum Gasteiger partial charge on any atom is 0.490 e. The first kappa shape index (κ1) is 60.0. The number of halogens is 13. The van der Waals surface area contributed by atoms with Crippen LogP contribution in [0, 0.1) is 5.82 Å². The van der Waals surface area contributed by atoms with Gasteiger partial charge in [-0.1, -0.05) is 36.4 Å². The molecule has 0 aliphatic carbocycles. The fourth-order valence-corrected chi connectivity index (χ4v) is 5.77. The van der Waals surface area contributed by atoms with Crippen molar-refractivity contribution in [3.8, 4) is 11.1 Å². The highest BCUT2D eigenvalue weighted by atomic mass is 19.4. The minimum absolute atomic E-state index is 0.115. The summed E-state index contributed by atoms with van der Waals surface area (Å²) >= 11 is 0. The Labute approximate surface area is 378 Å². The molecule has 27 heteroatoms. The van der Waals surface area contributed by atoms with Gasteiger partial charge in [-0.15, -0.1) is 0 Å². The number of carboxylic acids is 4. The summed E-state index contributed by atoms with van der Waals surface area (Å²) in [5.74, 6) is -11.4. The molecule has 0 spiro atoms. The number of hydrogen-bond donors (Lipinski definition) is 6. The SMILES string of the molecule is C[C@H]1CN(Cc2cccc(-c3cc(CNC(=O)c4cccc(CN5CCCN(C)CC5)c4)ccc3F)c2)CCN1.O=C(O)C(F)(F)F.O=C(O)C(F)(F)F.O=C(O)C(F)(F)F.O=C(O)C(F)(F)F. The second-order valence-electron chi connectivity index (χ2n) is 14.6. The van der Waals surface area contributed by atoms with Crippen molar-refractivity contribution < 1.29 is 101 Å². The highest BCUT2D eigenvalue weighted by molar-refractivity contribution is 5.94. The molecule has 6 N–H and O–H groups in total. The second kappa shape index (κ2) is 27.1. The lowest BCUT2D eigenvalue weighted by atomic mass is 10.00. The second-order valence-corrected chi connectivity index (χ2v) is 14.6. The maximum atomic E-state index is 14.9. The van der Waals surface area contributed by atoms with Crippen molar-refractivity contribution in [2.24, 2.45) is 0 Å². The summed E-state index contributed by atoms with van der Waals surface area (Å²) in [6, 6.07) is 21.6. The number of aliphatic carboxylic acids is 4. The normalized spacial score (nSPS) is 16.0. The lowest BCUT2D eigenvalue weighted by Crippen LogP contribution is -2.48. The van der Waals surface area contributed by atoms with Gasteiger partial charge < -0.3 is 36.0 Å². The Kier molecular flexibility index (Phi) is 23.9. The Hall–Kier alpha value is -6.06. The van der Waals surface area contributed by atoms with E-state index in [9.17, 15) is 61.9 Å². The van der Waals surface area contributed by atoms with E-state index in [0.29, 0.717) is 23.7 Å². The molecule has 3 aromatic carbocycles. The summed E-state index contributed by atoms with van der Waals surface area (Å²) in [7, 11) is 2.17. The Balaban J connectivity index is 0.000000668. The van der Waals surface area contributed by atoms with Crippen LogP contribution in [0.2, 0.25) is 0 Å². The third-order valence-electron chi connectivity index (χ3n) is 8.96. The number of amides is 1. The Morgan fingerprint density at radius 1 is 0.618 bits per heavy atom. The van der Waals surface area contributed by atoms with Crippen molar-refractivity contribution in [2.45, 2.75) is 63.7 Å². The van der Waals surface area contributed by atoms with Crippen LogP contribution in [0.1, 0.15) is 40.4 Å². The average molecular weight is 1000 g/mol. The van der Waals surface area contributed by atoms with Crippen LogP contribution < -0.4 is 10.6 Å². The van der Waals surface area contributed by atoms with Crippen molar-refractivity contribution in [3.05, 3.63) is 94.8 Å². The van der Waals surface area contributed by atoms with Crippen molar-refractivity contribution >= 4 is 29.8 Å². The number of hydrogen-bond acceptors (Lipinski definition) is 9. The molecule has 1 atom stereocenters. The number of rotatable bonds is 8. The van der Waals surface area contributed by atoms with Gasteiger partial charge >= 0.3 is 48.6 Å². The summed E-state index contributed by atoms with van der Waals surface area (Å²) in [6.45, 7) is 11.6. The molecule has 2 aliphatic heterocycles. The molecule has 0 aromatic heterocycles. The highest BCUT2D eigenvalue weighted by Crippen LogP contribution is 2.26. The zero-order valence-electron chi connectivity index (χ0n) is 35.8. The number of nitrogens with one attached hydrogen (secondary N) is 2. The minimum Gasteiger partial charge on any atom is -0.475 e. The molecule has 0 unspecified atom stereocenters. The van der Waals surface area contributed by atoms with Crippen LogP contribution >= 0.6 is 0 Å². The smallest absolute Gasteiger partial charge is 0.475 e. The molecule has 68 heavy (non-hydrogen) atoms. The largest absolute Gasteiger partial charge is 0.490 e. The van der Waals surface area contributed by atoms with Crippen molar-refractivity contribution in [1.29, 1.82) is 0 Å². The van der Waals surface area contributed by atoms with Crippen LogP contribution in [0.15, 0.2) is 66.7 Å². The monoisotopic (exact) mass is 999 g/mol. The summed E-state index contributed by atoms with van der Waals surface area (Å²) in [5, 5.41) is 35.0. The predicted octanol–water partition coefficient (Wildman–Crippen LogP) is 6.89. The number of carbonyl (C=O) groups is 5. The van der Waals surface area contributed by atoms with Gasteiger partial charge in [0.1, 0.15) is 5.82 Å². The molecule has 2 aliphatic rings. The summed E-state index contributed by atoms with van der Waals surface area (Å²) in [4.78, 5) is 55.9. The van der Waals surface area contributed by atoms with E-state index in [1.807, 2.05) is 36.4 Å². The molecule has 380 valence electrons. The fourth-order valence-electron chi connectivity index (χ4n) is 5.77. The Morgan fingerprint density at radius 2 is 1.10 bits per heavy atom. The Morgan fingerprint density at radius 3 is 1.60 bits per heavy atom. The maximum absolute atomic E-state index is 14.9. The van der Waals surface area contributed by atoms with E-state index in [0.717, 1.165) is 82.0 Å². The van der Waals surface area contributed by atoms with E-state index in [4.69, 9.17) is 39.6 Å². The first-order chi connectivity index (χ1) is 31.2. The average Bonchev–Trinajstić information content (AvgIpc) is 3.43. The predicted molar refractivity (Wildman–Crippen MR) is 214 cm³/mol. The van der Waals surface area contributed by atoms with Crippen LogP contribution in [0.25, 0.3) is 11.1 Å². The molecule has 5 rings (SSSR count). The van der Waals surface area contributed by atoms with Crippen molar-refractivity contribution in [1.82, 2.24) is 25.3 Å². The van der Waals surface area contributed by atoms with E-state index < -0.39 is 48.6 Å². The lowest BCUT2D eigenvalue weighted by molar-refractivity contribution is -0.193. The molecule has 0 bridgehead atoms.